The van der Waals surface area contributed by atoms with Crippen molar-refractivity contribution in [2.45, 2.75) is 19.3 Å². The number of benzene rings is 1. The van der Waals surface area contributed by atoms with Crippen molar-refractivity contribution in [2.75, 3.05) is 32.0 Å². The molecule has 5 heteroatoms. The topological polar surface area (TPSA) is 75.8 Å². The van der Waals surface area contributed by atoms with Crippen molar-refractivity contribution in [3.63, 3.8) is 0 Å². The first-order valence-corrected chi connectivity index (χ1v) is 6.65. The van der Waals surface area contributed by atoms with Crippen LogP contribution in [0.1, 0.15) is 29.6 Å². The van der Waals surface area contributed by atoms with Gasteiger partial charge in [-0.25, -0.2) is 4.79 Å². The maximum atomic E-state index is 11.8. The number of carbonyl (C=O) groups excluding carboxylic acids is 1. The molecule has 1 fully saturated rings. The highest BCUT2D eigenvalue weighted by molar-refractivity contribution is 5.92. The first-order valence-electron chi connectivity index (χ1n) is 6.65. The fraction of sp³-hybridized carbons (Fsp3) is 0.500. The Hall–Kier alpha value is -1.75. The number of carbonyl (C=O) groups is 1. The Balaban J connectivity index is 1.80. The highest BCUT2D eigenvalue weighted by Gasteiger charge is 2.14. The number of hydrogen-bond acceptors (Lipinski definition) is 5. The maximum Gasteiger partial charge on any atom is 0.341 e. The number of anilines is 1. The van der Waals surface area contributed by atoms with E-state index >= 15 is 0 Å². The van der Waals surface area contributed by atoms with Gasteiger partial charge in [0.15, 0.2) is 0 Å². The second-order valence-corrected chi connectivity index (χ2v) is 4.81. The minimum absolute atomic E-state index is 0.136. The molecule has 0 bridgehead atoms. The number of aromatic hydroxyl groups is 1. The van der Waals surface area contributed by atoms with Crippen LogP contribution >= 0.6 is 0 Å². The van der Waals surface area contributed by atoms with Gasteiger partial charge in [-0.1, -0.05) is 6.42 Å². The lowest BCUT2D eigenvalue weighted by Gasteiger charge is -2.25. The summed E-state index contributed by atoms with van der Waals surface area (Å²) in [6.07, 6.45) is 3.72. The summed E-state index contributed by atoms with van der Waals surface area (Å²) in [5.74, 6) is -0.641. The third-order valence-electron chi connectivity index (χ3n) is 3.33. The van der Waals surface area contributed by atoms with Gasteiger partial charge in [-0.3, -0.25) is 4.90 Å². The van der Waals surface area contributed by atoms with Crippen molar-refractivity contribution in [2.24, 2.45) is 0 Å². The molecule has 104 valence electrons. The summed E-state index contributed by atoms with van der Waals surface area (Å²) in [7, 11) is 0. The van der Waals surface area contributed by atoms with Crippen molar-refractivity contribution in [3.05, 3.63) is 23.8 Å². The number of nitrogens with zero attached hydrogens (tertiary/aromatic N) is 1. The third kappa shape index (κ3) is 3.86. The van der Waals surface area contributed by atoms with E-state index in [2.05, 4.69) is 4.90 Å². The zero-order chi connectivity index (χ0) is 13.7. The summed E-state index contributed by atoms with van der Waals surface area (Å²) < 4.78 is 5.17. The van der Waals surface area contributed by atoms with Gasteiger partial charge >= 0.3 is 5.97 Å². The Bertz CT molecular complexity index is 442. The van der Waals surface area contributed by atoms with Crippen molar-refractivity contribution < 1.29 is 14.6 Å². The zero-order valence-electron chi connectivity index (χ0n) is 11.0. The van der Waals surface area contributed by atoms with Crippen molar-refractivity contribution >= 4 is 11.7 Å². The average Bonchev–Trinajstić information content (AvgIpc) is 2.39. The van der Waals surface area contributed by atoms with E-state index in [0.717, 1.165) is 19.6 Å². The highest BCUT2D eigenvalue weighted by Crippen LogP contribution is 2.20. The Kier molecular flexibility index (Phi) is 4.63. The van der Waals surface area contributed by atoms with Crippen LogP contribution in [-0.2, 0) is 4.74 Å². The van der Waals surface area contributed by atoms with E-state index in [4.69, 9.17) is 10.5 Å². The van der Waals surface area contributed by atoms with Crippen LogP contribution in [0.2, 0.25) is 0 Å². The molecular weight excluding hydrogens is 244 g/mol. The van der Waals surface area contributed by atoms with Crippen LogP contribution in [0.4, 0.5) is 5.69 Å². The molecule has 1 aliphatic heterocycles. The molecular formula is C14H20N2O3. The molecule has 1 aromatic rings. The fourth-order valence-electron chi connectivity index (χ4n) is 2.25. The molecule has 5 nitrogen and oxygen atoms in total. The predicted molar refractivity (Wildman–Crippen MR) is 73.1 cm³/mol. The van der Waals surface area contributed by atoms with E-state index in [9.17, 15) is 9.90 Å². The Labute approximate surface area is 113 Å². The van der Waals surface area contributed by atoms with Gasteiger partial charge in [-0.2, -0.15) is 0 Å². The fourth-order valence-corrected chi connectivity index (χ4v) is 2.25. The molecule has 0 atom stereocenters. The number of phenols is 1. The monoisotopic (exact) mass is 264 g/mol. The first-order chi connectivity index (χ1) is 9.16. The molecule has 0 amide bonds. The van der Waals surface area contributed by atoms with Crippen molar-refractivity contribution in [1.29, 1.82) is 0 Å². The third-order valence-corrected chi connectivity index (χ3v) is 3.33. The largest absolute Gasteiger partial charge is 0.507 e. The smallest absolute Gasteiger partial charge is 0.341 e. The molecule has 0 saturated carbocycles. The maximum absolute atomic E-state index is 11.8. The van der Waals surface area contributed by atoms with E-state index < -0.39 is 5.97 Å². The lowest BCUT2D eigenvalue weighted by molar-refractivity contribution is 0.0449. The Morgan fingerprint density at radius 2 is 2.05 bits per heavy atom. The molecule has 0 aromatic heterocycles. The Morgan fingerprint density at radius 3 is 2.74 bits per heavy atom. The van der Waals surface area contributed by atoms with E-state index in [0.29, 0.717) is 12.3 Å². The number of nitrogens with two attached hydrogens (primary N) is 1. The average molecular weight is 264 g/mol. The molecule has 19 heavy (non-hydrogen) atoms. The molecule has 0 unspecified atom stereocenters. The second kappa shape index (κ2) is 6.43. The zero-order valence-corrected chi connectivity index (χ0v) is 11.0. The summed E-state index contributed by atoms with van der Waals surface area (Å²) in [4.78, 5) is 14.1. The number of hydrogen-bond donors (Lipinski definition) is 2. The van der Waals surface area contributed by atoms with E-state index in [1.54, 1.807) is 6.07 Å². The molecule has 1 aromatic carbocycles. The Morgan fingerprint density at radius 1 is 1.32 bits per heavy atom. The number of ether oxygens (including phenoxy) is 1. The quantitative estimate of drug-likeness (QED) is 0.638. The van der Waals surface area contributed by atoms with Gasteiger partial charge in [0.2, 0.25) is 0 Å². The van der Waals surface area contributed by atoms with E-state index in [1.807, 2.05) is 0 Å². The van der Waals surface area contributed by atoms with E-state index in [1.165, 1.54) is 31.4 Å². The summed E-state index contributed by atoms with van der Waals surface area (Å²) in [5.41, 5.74) is 6.09. The first kappa shape index (κ1) is 13.7. The number of phenolic OH excluding ortho intramolecular Hbond substituents is 1. The van der Waals surface area contributed by atoms with Gasteiger partial charge in [0.1, 0.15) is 17.9 Å². The summed E-state index contributed by atoms with van der Waals surface area (Å²) in [6, 6.07) is 4.40. The van der Waals surface area contributed by atoms with Crippen molar-refractivity contribution in [3.8, 4) is 5.75 Å². The van der Waals surface area contributed by atoms with Gasteiger partial charge in [-0.15, -0.1) is 0 Å². The van der Waals surface area contributed by atoms with Crippen LogP contribution < -0.4 is 5.73 Å². The minimum atomic E-state index is -0.505. The van der Waals surface area contributed by atoms with E-state index in [-0.39, 0.29) is 11.3 Å². The van der Waals surface area contributed by atoms with Gasteiger partial charge < -0.3 is 15.6 Å². The molecule has 2 rings (SSSR count). The number of rotatable bonds is 4. The molecule has 0 spiro atoms. The van der Waals surface area contributed by atoms with Gasteiger partial charge in [0, 0.05) is 18.3 Å². The summed E-state index contributed by atoms with van der Waals surface area (Å²) >= 11 is 0. The molecule has 0 aliphatic carbocycles. The summed E-state index contributed by atoms with van der Waals surface area (Å²) in [5, 5.41) is 9.62. The number of piperidine rings is 1. The van der Waals surface area contributed by atoms with Crippen LogP contribution in [0, 0.1) is 0 Å². The van der Waals surface area contributed by atoms with Crippen LogP contribution in [0.5, 0.6) is 5.75 Å². The van der Waals surface area contributed by atoms with Crippen LogP contribution in [-0.4, -0.2) is 42.2 Å². The number of esters is 1. The second-order valence-electron chi connectivity index (χ2n) is 4.81. The normalized spacial score (nSPS) is 16.2. The van der Waals surface area contributed by atoms with Crippen LogP contribution in [0.25, 0.3) is 0 Å². The van der Waals surface area contributed by atoms with Gasteiger partial charge in [0.25, 0.3) is 0 Å². The summed E-state index contributed by atoms with van der Waals surface area (Å²) in [6.45, 7) is 3.25. The molecule has 1 heterocycles. The molecule has 1 saturated heterocycles. The molecule has 0 radical (unpaired) electrons. The SMILES string of the molecule is Nc1ccc(C(=O)OCCN2CCCCC2)c(O)c1. The van der Waals surface area contributed by atoms with Gasteiger partial charge in [0.05, 0.1) is 0 Å². The highest BCUT2D eigenvalue weighted by atomic mass is 16.5. The molecule has 3 N–H and O–H groups in total. The number of likely N-dealkylation sites (tertiary alicyclic amines) is 1. The molecule has 1 aliphatic rings. The predicted octanol–water partition coefficient (Wildman–Crippen LogP) is 1.62. The van der Waals surface area contributed by atoms with Crippen LogP contribution in [0.15, 0.2) is 18.2 Å². The van der Waals surface area contributed by atoms with Crippen molar-refractivity contribution in [1.82, 2.24) is 4.90 Å². The minimum Gasteiger partial charge on any atom is -0.507 e. The number of nitrogen functional groups attached to an aromatic ring is 1. The lowest BCUT2D eigenvalue weighted by atomic mass is 10.1. The standard InChI is InChI=1S/C14H20N2O3/c15-11-4-5-12(13(17)10-11)14(18)19-9-8-16-6-2-1-3-7-16/h4-5,10,17H,1-3,6-9,15H2. The van der Waals surface area contributed by atoms with Gasteiger partial charge in [-0.05, 0) is 38.1 Å². The lowest BCUT2D eigenvalue weighted by Crippen LogP contribution is -2.33. The van der Waals surface area contributed by atoms with Crippen LogP contribution in [0.3, 0.4) is 0 Å².